The Morgan fingerprint density at radius 3 is 2.55 bits per heavy atom. The van der Waals surface area contributed by atoms with Gasteiger partial charge in [0.05, 0.1) is 12.1 Å². The van der Waals surface area contributed by atoms with Gasteiger partial charge >= 0.3 is 5.97 Å². The summed E-state index contributed by atoms with van der Waals surface area (Å²) in [4.78, 5) is 34.3. The first-order valence-electron chi connectivity index (χ1n) is 10.9. The number of carboxylic acid groups (broad SMARTS) is 1. The van der Waals surface area contributed by atoms with Crippen molar-refractivity contribution in [2.45, 2.75) is 52.9 Å². The van der Waals surface area contributed by atoms with Crippen LogP contribution in [0.15, 0.2) is 29.9 Å². The van der Waals surface area contributed by atoms with Crippen LogP contribution < -0.4 is 9.47 Å². The third-order valence-electron chi connectivity index (χ3n) is 5.53. The van der Waals surface area contributed by atoms with Crippen LogP contribution in [0.25, 0.3) is 6.08 Å². The van der Waals surface area contributed by atoms with E-state index in [1.807, 2.05) is 19.1 Å². The number of carboxylic acids is 1. The van der Waals surface area contributed by atoms with E-state index in [-0.39, 0.29) is 22.5 Å². The maximum atomic E-state index is 11.7. The first-order valence-corrected chi connectivity index (χ1v) is 11.3. The smallest absolute Gasteiger partial charge is 0.341 e. The zero-order valence-electron chi connectivity index (χ0n) is 19.6. The molecule has 1 fully saturated rings. The summed E-state index contributed by atoms with van der Waals surface area (Å²) >= 11 is 6.56. The van der Waals surface area contributed by atoms with Crippen LogP contribution in [0.2, 0.25) is 5.02 Å². The van der Waals surface area contributed by atoms with Gasteiger partial charge in [-0.05, 0) is 63.7 Å². The lowest BCUT2D eigenvalue weighted by Gasteiger charge is -2.20. The van der Waals surface area contributed by atoms with Gasteiger partial charge in [-0.3, -0.25) is 9.59 Å². The van der Waals surface area contributed by atoms with E-state index in [0.29, 0.717) is 47.5 Å². The minimum atomic E-state index is -1.12. The number of benzene rings is 1. The normalized spacial score (nSPS) is 17.1. The molecule has 0 aliphatic heterocycles. The molecule has 1 aromatic carbocycles. The number of ether oxygens (including phenoxy) is 2. The second kappa shape index (κ2) is 12.4. The number of hydrogen-bond donors (Lipinski definition) is 1. The number of Topliss-reactive ketones (excluding diaryl/α,β-unsaturated/α-hetero) is 1. The van der Waals surface area contributed by atoms with Crippen molar-refractivity contribution in [3.63, 3.8) is 0 Å². The average Bonchev–Trinajstić information content (AvgIpc) is 2.76. The third kappa shape index (κ3) is 7.60. The van der Waals surface area contributed by atoms with Crippen molar-refractivity contribution in [2.75, 3.05) is 13.7 Å². The highest BCUT2D eigenvalue weighted by atomic mass is 35.5. The second-order valence-electron chi connectivity index (χ2n) is 8.23. The fourth-order valence-corrected chi connectivity index (χ4v) is 4.07. The Kier molecular flexibility index (Phi) is 9.92. The molecule has 33 heavy (non-hydrogen) atoms. The molecule has 1 unspecified atom stereocenters. The molecule has 0 saturated heterocycles. The van der Waals surface area contributed by atoms with Crippen LogP contribution >= 0.6 is 11.6 Å². The first-order chi connectivity index (χ1) is 15.6. The van der Waals surface area contributed by atoms with E-state index in [4.69, 9.17) is 26.2 Å². The molecule has 0 spiro atoms. The van der Waals surface area contributed by atoms with E-state index in [0.717, 1.165) is 18.4 Å². The second-order valence-corrected chi connectivity index (χ2v) is 8.60. The Morgan fingerprint density at radius 1 is 1.21 bits per heavy atom. The highest BCUT2D eigenvalue weighted by Crippen LogP contribution is 2.43. The van der Waals surface area contributed by atoms with Crippen molar-refractivity contribution in [3.8, 4) is 11.5 Å². The van der Waals surface area contributed by atoms with Gasteiger partial charge in [-0.15, -0.1) is 0 Å². The van der Waals surface area contributed by atoms with Gasteiger partial charge in [0, 0.05) is 24.0 Å². The molecule has 0 amide bonds. The number of rotatable bonds is 10. The van der Waals surface area contributed by atoms with Crippen molar-refractivity contribution >= 4 is 35.2 Å². The maximum Gasteiger partial charge on any atom is 0.341 e. The van der Waals surface area contributed by atoms with Crippen LogP contribution in [0, 0.1) is 12.8 Å². The van der Waals surface area contributed by atoms with E-state index in [1.165, 1.54) is 20.1 Å². The third-order valence-corrected chi connectivity index (χ3v) is 5.99. The molecular formula is C26H31ClO6. The zero-order valence-corrected chi connectivity index (χ0v) is 20.3. The summed E-state index contributed by atoms with van der Waals surface area (Å²) in [7, 11) is 1.51. The summed E-state index contributed by atoms with van der Waals surface area (Å²) in [5, 5.41) is 9.37. The number of halogens is 1. The van der Waals surface area contributed by atoms with Crippen molar-refractivity contribution in [1.82, 2.24) is 0 Å². The van der Waals surface area contributed by atoms with Crippen LogP contribution in [0.1, 0.15) is 56.2 Å². The lowest BCUT2D eigenvalue weighted by atomic mass is 9.88. The van der Waals surface area contributed by atoms with Gasteiger partial charge < -0.3 is 14.6 Å². The number of hydrogen-bond acceptors (Lipinski definition) is 5. The summed E-state index contributed by atoms with van der Waals surface area (Å²) in [6, 6.07) is 0. The molecule has 1 saturated carbocycles. The van der Waals surface area contributed by atoms with E-state index < -0.39 is 12.6 Å². The molecule has 6 nitrogen and oxygen atoms in total. The molecule has 0 radical (unpaired) electrons. The maximum absolute atomic E-state index is 11.7. The molecular weight excluding hydrogens is 444 g/mol. The summed E-state index contributed by atoms with van der Waals surface area (Å²) in [5.74, 6) is 0.0481. The minimum absolute atomic E-state index is 0.123. The summed E-state index contributed by atoms with van der Waals surface area (Å²) in [6.45, 7) is 4.62. The van der Waals surface area contributed by atoms with Gasteiger partial charge in [-0.1, -0.05) is 35.4 Å². The molecule has 7 heteroatoms. The van der Waals surface area contributed by atoms with Crippen LogP contribution in [0.3, 0.4) is 0 Å². The fourth-order valence-electron chi connectivity index (χ4n) is 3.80. The van der Waals surface area contributed by atoms with Crippen molar-refractivity contribution in [1.29, 1.82) is 0 Å². The number of methoxy groups -OCH3 is 1. The largest absolute Gasteiger partial charge is 0.496 e. The first kappa shape index (κ1) is 26.4. The van der Waals surface area contributed by atoms with E-state index >= 15 is 0 Å². The molecule has 1 aromatic rings. The number of carbonyl (C=O) groups excluding carboxylic acids is 2. The van der Waals surface area contributed by atoms with Crippen molar-refractivity contribution in [2.24, 2.45) is 5.92 Å². The number of allylic oxidation sites excluding steroid dienone is 5. The van der Waals surface area contributed by atoms with Crippen LogP contribution in [-0.4, -0.2) is 36.4 Å². The molecule has 1 N–H and O–H groups in total. The Morgan fingerprint density at radius 2 is 1.94 bits per heavy atom. The Hall–Kier alpha value is -2.86. The Labute approximate surface area is 199 Å². The molecule has 2 rings (SSSR count). The van der Waals surface area contributed by atoms with E-state index in [2.05, 4.69) is 6.08 Å². The van der Waals surface area contributed by atoms with E-state index in [1.54, 1.807) is 13.0 Å². The molecule has 0 heterocycles. The molecule has 1 aliphatic carbocycles. The molecule has 0 bridgehead atoms. The molecule has 0 aromatic heterocycles. The highest BCUT2D eigenvalue weighted by molar-refractivity contribution is 6.33. The minimum Gasteiger partial charge on any atom is -0.496 e. The summed E-state index contributed by atoms with van der Waals surface area (Å²) in [6.07, 6.45) is 12.7. The van der Waals surface area contributed by atoms with Gasteiger partial charge in [-0.25, -0.2) is 4.79 Å². The summed E-state index contributed by atoms with van der Waals surface area (Å²) in [5.41, 5.74) is 2.84. The lowest BCUT2D eigenvalue weighted by Crippen LogP contribution is -2.12. The molecule has 178 valence electrons. The van der Waals surface area contributed by atoms with Crippen molar-refractivity contribution < 1.29 is 29.0 Å². The molecule has 1 aliphatic rings. The number of ketones is 2. The Balaban J connectivity index is 2.44. The van der Waals surface area contributed by atoms with Gasteiger partial charge in [0.25, 0.3) is 0 Å². The van der Waals surface area contributed by atoms with E-state index in [9.17, 15) is 14.4 Å². The Bertz CT molecular complexity index is 1000. The highest BCUT2D eigenvalue weighted by Gasteiger charge is 2.22. The average molecular weight is 475 g/mol. The van der Waals surface area contributed by atoms with Crippen LogP contribution in [0.5, 0.6) is 11.5 Å². The fraction of sp³-hybridized carbons (Fsp3) is 0.423. The topological polar surface area (TPSA) is 89.9 Å². The SMILES string of the molecule is COc1c(/C=C/C(C)=O)c(C)c(Cl)c(OCC(=O)O)c1C/C=C(C)/C=C/C1CCCC(=O)C1. The van der Waals surface area contributed by atoms with Crippen molar-refractivity contribution in [3.05, 3.63) is 51.6 Å². The van der Waals surface area contributed by atoms with Crippen LogP contribution in [-0.2, 0) is 20.8 Å². The number of carbonyl (C=O) groups is 3. The lowest BCUT2D eigenvalue weighted by molar-refractivity contribution is -0.139. The van der Waals surface area contributed by atoms with Gasteiger partial charge in [-0.2, -0.15) is 0 Å². The van der Waals surface area contributed by atoms with Crippen LogP contribution in [0.4, 0.5) is 0 Å². The predicted molar refractivity (Wildman–Crippen MR) is 129 cm³/mol. The quantitative estimate of drug-likeness (QED) is 0.354. The summed E-state index contributed by atoms with van der Waals surface area (Å²) < 4.78 is 11.2. The standard InChI is InChI=1S/C26H31ClO6/c1-16(8-11-19-6-5-7-20(29)14-19)9-12-22-25(32-4)21(13-10-17(2)28)18(3)24(27)26(22)33-15-23(30)31/h8-11,13,19H,5-7,12,14-15H2,1-4H3,(H,30,31)/b11-8+,13-10+,16-9+. The van der Waals surface area contributed by atoms with Gasteiger partial charge in [0.1, 0.15) is 17.3 Å². The zero-order chi connectivity index (χ0) is 24.5. The molecule has 1 atom stereocenters. The monoisotopic (exact) mass is 474 g/mol. The number of aliphatic carboxylic acids is 1. The van der Waals surface area contributed by atoms with Gasteiger partial charge in [0.15, 0.2) is 12.4 Å². The predicted octanol–water partition coefficient (Wildman–Crippen LogP) is 5.53. The van der Waals surface area contributed by atoms with Gasteiger partial charge in [0.2, 0.25) is 0 Å².